The van der Waals surface area contributed by atoms with Crippen molar-refractivity contribution in [1.29, 1.82) is 0 Å². The highest BCUT2D eigenvalue weighted by Crippen LogP contribution is 2.30. The van der Waals surface area contributed by atoms with Crippen molar-refractivity contribution in [2.24, 2.45) is 0 Å². The number of para-hydroxylation sites is 3. The average Bonchev–Trinajstić information content (AvgIpc) is 2.76. The Bertz CT molecular complexity index is 1090. The van der Waals surface area contributed by atoms with E-state index in [2.05, 4.69) is 10.6 Å². The molecular formula is C26H30N4O2. The maximum absolute atomic E-state index is 12.8. The van der Waals surface area contributed by atoms with E-state index in [1.54, 1.807) is 7.05 Å². The third-order valence-corrected chi connectivity index (χ3v) is 5.32. The number of amides is 3. The van der Waals surface area contributed by atoms with Crippen molar-refractivity contribution in [2.45, 2.75) is 20.8 Å². The number of nitrogens with one attached hydrogen (secondary N) is 2. The number of benzene rings is 3. The highest BCUT2D eigenvalue weighted by Gasteiger charge is 2.17. The highest BCUT2D eigenvalue weighted by molar-refractivity contribution is 5.99. The lowest BCUT2D eigenvalue weighted by Crippen LogP contribution is -2.38. The van der Waals surface area contributed by atoms with Crippen molar-refractivity contribution in [3.63, 3.8) is 0 Å². The zero-order valence-electron chi connectivity index (χ0n) is 19.3. The third-order valence-electron chi connectivity index (χ3n) is 5.32. The molecule has 0 aromatic heterocycles. The Morgan fingerprint density at radius 1 is 0.812 bits per heavy atom. The van der Waals surface area contributed by atoms with Crippen LogP contribution < -0.4 is 15.5 Å². The summed E-state index contributed by atoms with van der Waals surface area (Å²) in [6.07, 6.45) is 0. The summed E-state index contributed by atoms with van der Waals surface area (Å²) in [5.41, 5.74) is 6.47. The first-order valence-electron chi connectivity index (χ1n) is 10.5. The van der Waals surface area contributed by atoms with Gasteiger partial charge in [0.2, 0.25) is 5.91 Å². The third kappa shape index (κ3) is 5.46. The molecule has 166 valence electrons. The van der Waals surface area contributed by atoms with Gasteiger partial charge < -0.3 is 20.4 Å². The van der Waals surface area contributed by atoms with Crippen molar-refractivity contribution in [2.75, 3.05) is 36.2 Å². The van der Waals surface area contributed by atoms with E-state index in [-0.39, 0.29) is 18.5 Å². The van der Waals surface area contributed by atoms with Gasteiger partial charge in [-0.1, -0.05) is 48.0 Å². The van der Waals surface area contributed by atoms with Crippen LogP contribution in [0.25, 0.3) is 0 Å². The molecule has 0 bridgehead atoms. The number of urea groups is 1. The zero-order chi connectivity index (χ0) is 23.3. The van der Waals surface area contributed by atoms with E-state index in [0.29, 0.717) is 5.69 Å². The fraction of sp³-hybridized carbons (Fsp3) is 0.231. The number of nitrogens with zero attached hydrogens (tertiary/aromatic N) is 2. The summed E-state index contributed by atoms with van der Waals surface area (Å²) < 4.78 is 0. The Morgan fingerprint density at radius 3 is 2.06 bits per heavy atom. The van der Waals surface area contributed by atoms with Gasteiger partial charge in [-0.25, -0.2) is 4.79 Å². The first-order chi connectivity index (χ1) is 15.3. The number of hydrogen-bond acceptors (Lipinski definition) is 3. The molecule has 0 heterocycles. The number of hydrogen-bond donors (Lipinski definition) is 2. The number of aryl methyl sites for hydroxylation is 3. The second-order valence-corrected chi connectivity index (χ2v) is 8.02. The van der Waals surface area contributed by atoms with E-state index in [4.69, 9.17) is 0 Å². The molecule has 3 aromatic carbocycles. The molecule has 0 aliphatic heterocycles. The van der Waals surface area contributed by atoms with Crippen LogP contribution in [0.15, 0.2) is 66.7 Å². The Labute approximate surface area is 189 Å². The Balaban J connectivity index is 1.67. The van der Waals surface area contributed by atoms with Crippen LogP contribution in [0.3, 0.4) is 0 Å². The Kier molecular flexibility index (Phi) is 7.15. The lowest BCUT2D eigenvalue weighted by Gasteiger charge is -2.24. The molecule has 0 radical (unpaired) electrons. The molecular weight excluding hydrogens is 400 g/mol. The lowest BCUT2D eigenvalue weighted by molar-refractivity contribution is -0.116. The quantitative estimate of drug-likeness (QED) is 0.544. The first kappa shape index (κ1) is 22.9. The molecule has 2 N–H and O–H groups in total. The van der Waals surface area contributed by atoms with E-state index in [1.165, 1.54) is 4.90 Å². The fourth-order valence-electron chi connectivity index (χ4n) is 3.72. The summed E-state index contributed by atoms with van der Waals surface area (Å²) in [5.74, 6) is -0.243. The maximum Gasteiger partial charge on any atom is 0.322 e. The van der Waals surface area contributed by atoms with Crippen LogP contribution in [-0.2, 0) is 4.79 Å². The SMILES string of the molecule is Cc1cc(C)c(NC(=O)CN(C)C(=O)Nc2ccccc2N(C)c2ccccc2)c(C)c1. The van der Waals surface area contributed by atoms with Crippen molar-refractivity contribution in [3.05, 3.63) is 83.4 Å². The molecule has 3 rings (SSSR count). The molecule has 0 atom stereocenters. The molecule has 0 aliphatic rings. The van der Waals surface area contributed by atoms with Gasteiger partial charge in [0.25, 0.3) is 0 Å². The van der Waals surface area contributed by atoms with Gasteiger partial charge in [-0.3, -0.25) is 4.79 Å². The number of carbonyl (C=O) groups excluding carboxylic acids is 2. The molecule has 0 saturated heterocycles. The monoisotopic (exact) mass is 430 g/mol. The number of carbonyl (C=O) groups is 2. The topological polar surface area (TPSA) is 64.7 Å². The van der Waals surface area contributed by atoms with Gasteiger partial charge in [0, 0.05) is 25.5 Å². The lowest BCUT2D eigenvalue weighted by atomic mass is 10.1. The van der Waals surface area contributed by atoms with Gasteiger partial charge >= 0.3 is 6.03 Å². The molecule has 0 spiro atoms. The van der Waals surface area contributed by atoms with Gasteiger partial charge in [-0.2, -0.15) is 0 Å². The predicted molar refractivity (Wildman–Crippen MR) is 132 cm³/mol. The van der Waals surface area contributed by atoms with Crippen LogP contribution in [-0.4, -0.2) is 37.5 Å². The summed E-state index contributed by atoms with van der Waals surface area (Å²) in [6, 6.07) is 21.2. The van der Waals surface area contributed by atoms with E-state index >= 15 is 0 Å². The molecule has 0 saturated carbocycles. The number of rotatable bonds is 6. The Morgan fingerprint density at radius 2 is 1.41 bits per heavy atom. The summed E-state index contributed by atoms with van der Waals surface area (Å²) in [4.78, 5) is 28.8. The average molecular weight is 431 g/mol. The molecule has 3 amide bonds. The molecule has 0 fully saturated rings. The van der Waals surface area contributed by atoms with Gasteiger partial charge in [0.05, 0.1) is 11.4 Å². The van der Waals surface area contributed by atoms with E-state index in [0.717, 1.165) is 33.8 Å². The fourth-order valence-corrected chi connectivity index (χ4v) is 3.72. The maximum atomic E-state index is 12.8. The highest BCUT2D eigenvalue weighted by atomic mass is 16.2. The van der Waals surface area contributed by atoms with Gasteiger partial charge in [0.1, 0.15) is 6.54 Å². The standard InChI is InChI=1S/C26H30N4O2/c1-18-15-19(2)25(20(3)16-18)28-24(31)17-29(4)26(32)27-22-13-9-10-14-23(22)30(5)21-11-7-6-8-12-21/h6-16H,17H2,1-5H3,(H,27,32)(H,28,31). The largest absolute Gasteiger partial charge is 0.343 e. The van der Waals surface area contributed by atoms with E-state index in [1.807, 2.05) is 99.4 Å². The van der Waals surface area contributed by atoms with Crippen LogP contribution in [0, 0.1) is 20.8 Å². The molecule has 32 heavy (non-hydrogen) atoms. The van der Waals surface area contributed by atoms with Crippen molar-refractivity contribution >= 4 is 34.7 Å². The van der Waals surface area contributed by atoms with Crippen LogP contribution in [0.4, 0.5) is 27.5 Å². The van der Waals surface area contributed by atoms with Crippen LogP contribution in [0.2, 0.25) is 0 Å². The normalized spacial score (nSPS) is 10.4. The molecule has 6 heteroatoms. The first-order valence-corrected chi connectivity index (χ1v) is 10.5. The number of likely N-dealkylation sites (N-methyl/N-ethyl adjacent to an activating group) is 1. The predicted octanol–water partition coefficient (Wildman–Crippen LogP) is 5.48. The number of anilines is 4. The zero-order valence-corrected chi connectivity index (χ0v) is 19.3. The van der Waals surface area contributed by atoms with Crippen molar-refractivity contribution in [3.8, 4) is 0 Å². The van der Waals surface area contributed by atoms with E-state index in [9.17, 15) is 9.59 Å². The second kappa shape index (κ2) is 10.0. The van der Waals surface area contributed by atoms with Crippen molar-refractivity contribution in [1.82, 2.24) is 4.90 Å². The van der Waals surface area contributed by atoms with Gasteiger partial charge in [0.15, 0.2) is 0 Å². The summed E-state index contributed by atoms with van der Waals surface area (Å²) >= 11 is 0. The molecule has 0 aliphatic carbocycles. The molecule has 6 nitrogen and oxygen atoms in total. The molecule has 3 aromatic rings. The summed E-state index contributed by atoms with van der Waals surface area (Å²) in [6.45, 7) is 5.89. The minimum Gasteiger partial charge on any atom is -0.343 e. The van der Waals surface area contributed by atoms with Crippen LogP contribution >= 0.6 is 0 Å². The minimum absolute atomic E-state index is 0.0602. The van der Waals surface area contributed by atoms with Crippen LogP contribution in [0.1, 0.15) is 16.7 Å². The van der Waals surface area contributed by atoms with Crippen molar-refractivity contribution < 1.29 is 9.59 Å². The summed E-state index contributed by atoms with van der Waals surface area (Å²) in [7, 11) is 3.55. The second-order valence-electron chi connectivity index (χ2n) is 8.02. The van der Waals surface area contributed by atoms with Crippen LogP contribution in [0.5, 0.6) is 0 Å². The molecule has 0 unspecified atom stereocenters. The summed E-state index contributed by atoms with van der Waals surface area (Å²) in [5, 5.41) is 5.86. The Hall–Kier alpha value is -3.80. The smallest absolute Gasteiger partial charge is 0.322 e. The minimum atomic E-state index is -0.355. The van der Waals surface area contributed by atoms with Gasteiger partial charge in [-0.15, -0.1) is 0 Å². The van der Waals surface area contributed by atoms with E-state index < -0.39 is 0 Å². The van der Waals surface area contributed by atoms with Gasteiger partial charge in [-0.05, 0) is 56.2 Å².